The zero-order chi connectivity index (χ0) is 16.2. The maximum absolute atomic E-state index is 12.9. The molecule has 1 aliphatic rings. The highest BCUT2D eigenvalue weighted by Gasteiger charge is 2.23. The lowest BCUT2D eigenvalue weighted by Gasteiger charge is -2.21. The van der Waals surface area contributed by atoms with Gasteiger partial charge in [-0.2, -0.15) is 0 Å². The van der Waals surface area contributed by atoms with Gasteiger partial charge in [0, 0.05) is 37.5 Å². The molecule has 0 aromatic carbocycles. The average Bonchev–Trinajstić information content (AvgIpc) is 3.28. The van der Waals surface area contributed by atoms with Crippen molar-refractivity contribution in [2.75, 3.05) is 13.2 Å². The lowest BCUT2D eigenvalue weighted by atomic mass is 10.2. The summed E-state index contributed by atoms with van der Waals surface area (Å²) >= 11 is 1.57. The standard InChI is InChI=1S/C17H23N3O2S/c1-3-9-20(12-16-18-8-10-19(16)2)17(21)15-7-6-14(23-15)13-5-4-11-22-13/h6-8,10,13H,3-5,9,11-12H2,1-2H3/t13-/m1/s1. The molecule has 1 aliphatic heterocycles. The van der Waals surface area contributed by atoms with Crippen LogP contribution in [0.3, 0.4) is 0 Å². The van der Waals surface area contributed by atoms with Gasteiger partial charge >= 0.3 is 0 Å². The maximum Gasteiger partial charge on any atom is 0.264 e. The molecule has 3 rings (SSSR count). The quantitative estimate of drug-likeness (QED) is 0.814. The average molecular weight is 333 g/mol. The van der Waals surface area contributed by atoms with Crippen molar-refractivity contribution in [2.45, 2.75) is 38.8 Å². The number of nitrogens with zero attached hydrogens (tertiary/aromatic N) is 3. The van der Waals surface area contributed by atoms with Crippen molar-refractivity contribution in [3.05, 3.63) is 40.1 Å². The van der Waals surface area contributed by atoms with Crippen molar-refractivity contribution in [3.63, 3.8) is 0 Å². The molecule has 2 aromatic heterocycles. The van der Waals surface area contributed by atoms with Gasteiger partial charge in [0.15, 0.2) is 0 Å². The molecular formula is C17H23N3O2S. The lowest BCUT2D eigenvalue weighted by Crippen LogP contribution is -2.31. The Morgan fingerprint density at radius 2 is 2.39 bits per heavy atom. The number of ether oxygens (including phenoxy) is 1. The van der Waals surface area contributed by atoms with E-state index >= 15 is 0 Å². The summed E-state index contributed by atoms with van der Waals surface area (Å²) in [5.74, 6) is 0.992. The van der Waals surface area contributed by atoms with Gasteiger partial charge in [0.25, 0.3) is 5.91 Å². The van der Waals surface area contributed by atoms with Crippen LogP contribution in [0.25, 0.3) is 0 Å². The summed E-state index contributed by atoms with van der Waals surface area (Å²) in [4.78, 5) is 21.0. The van der Waals surface area contributed by atoms with Crippen LogP contribution in [0.1, 0.15) is 52.7 Å². The molecule has 3 heterocycles. The number of aryl methyl sites for hydroxylation is 1. The highest BCUT2D eigenvalue weighted by atomic mass is 32.1. The summed E-state index contributed by atoms with van der Waals surface area (Å²) in [7, 11) is 1.96. The van der Waals surface area contributed by atoms with Crippen LogP contribution in [0.4, 0.5) is 0 Å². The predicted molar refractivity (Wildman–Crippen MR) is 90.5 cm³/mol. The molecule has 0 radical (unpaired) electrons. The number of rotatable bonds is 6. The molecule has 5 nitrogen and oxygen atoms in total. The molecule has 1 fully saturated rings. The molecule has 0 unspecified atom stereocenters. The third-order valence-corrected chi connectivity index (χ3v) is 5.28. The van der Waals surface area contributed by atoms with Gasteiger partial charge in [-0.15, -0.1) is 11.3 Å². The van der Waals surface area contributed by atoms with E-state index in [0.717, 1.165) is 43.1 Å². The van der Waals surface area contributed by atoms with E-state index < -0.39 is 0 Å². The molecular weight excluding hydrogens is 310 g/mol. The van der Waals surface area contributed by atoms with Gasteiger partial charge in [0.1, 0.15) is 5.82 Å². The maximum atomic E-state index is 12.9. The molecule has 0 N–H and O–H groups in total. The van der Waals surface area contributed by atoms with Crippen molar-refractivity contribution in [2.24, 2.45) is 7.05 Å². The van der Waals surface area contributed by atoms with Crippen LogP contribution in [-0.2, 0) is 18.3 Å². The van der Waals surface area contributed by atoms with Crippen molar-refractivity contribution in [1.29, 1.82) is 0 Å². The lowest BCUT2D eigenvalue weighted by molar-refractivity contribution is 0.0742. The summed E-state index contributed by atoms with van der Waals surface area (Å²) in [5, 5.41) is 0. The van der Waals surface area contributed by atoms with Crippen LogP contribution in [0.15, 0.2) is 24.5 Å². The minimum Gasteiger partial charge on any atom is -0.373 e. The Morgan fingerprint density at radius 3 is 3.04 bits per heavy atom. The molecule has 2 aromatic rings. The Hall–Kier alpha value is -1.66. The summed E-state index contributed by atoms with van der Waals surface area (Å²) in [6.07, 6.45) is 6.94. The second-order valence-electron chi connectivity index (χ2n) is 5.88. The van der Waals surface area contributed by atoms with Crippen LogP contribution in [0.2, 0.25) is 0 Å². The van der Waals surface area contributed by atoms with Crippen LogP contribution in [0.5, 0.6) is 0 Å². The van der Waals surface area contributed by atoms with E-state index in [4.69, 9.17) is 4.74 Å². The summed E-state index contributed by atoms with van der Waals surface area (Å²) in [5.41, 5.74) is 0. The Kier molecular flexibility index (Phi) is 5.13. The Labute approximate surface area is 140 Å². The largest absolute Gasteiger partial charge is 0.373 e. The van der Waals surface area contributed by atoms with Crippen molar-refractivity contribution in [1.82, 2.24) is 14.5 Å². The molecule has 0 bridgehead atoms. The molecule has 0 aliphatic carbocycles. The van der Waals surface area contributed by atoms with Gasteiger partial charge in [-0.05, 0) is 31.4 Å². The van der Waals surface area contributed by atoms with Crippen LogP contribution >= 0.6 is 11.3 Å². The predicted octanol–water partition coefficient (Wildman–Crippen LogP) is 3.39. The number of hydrogen-bond acceptors (Lipinski definition) is 4. The van der Waals surface area contributed by atoms with E-state index in [1.165, 1.54) is 4.88 Å². The van der Waals surface area contributed by atoms with E-state index in [1.54, 1.807) is 17.5 Å². The monoisotopic (exact) mass is 333 g/mol. The number of imidazole rings is 1. The van der Waals surface area contributed by atoms with Crippen LogP contribution in [0, 0.1) is 0 Å². The highest BCUT2D eigenvalue weighted by molar-refractivity contribution is 7.14. The van der Waals surface area contributed by atoms with E-state index in [2.05, 4.69) is 11.9 Å². The number of carbonyl (C=O) groups excluding carboxylic acids is 1. The number of carbonyl (C=O) groups is 1. The van der Waals surface area contributed by atoms with E-state index in [-0.39, 0.29) is 12.0 Å². The molecule has 1 atom stereocenters. The first-order valence-corrected chi connectivity index (χ1v) is 8.97. The van der Waals surface area contributed by atoms with Crippen molar-refractivity contribution >= 4 is 17.2 Å². The Balaban J connectivity index is 1.74. The Bertz CT molecular complexity index is 658. The minimum atomic E-state index is 0.0871. The zero-order valence-corrected chi connectivity index (χ0v) is 14.5. The highest BCUT2D eigenvalue weighted by Crippen LogP contribution is 2.33. The second-order valence-corrected chi connectivity index (χ2v) is 7.00. The molecule has 0 spiro atoms. The molecule has 124 valence electrons. The second kappa shape index (κ2) is 7.27. The van der Waals surface area contributed by atoms with Gasteiger partial charge < -0.3 is 14.2 Å². The van der Waals surface area contributed by atoms with E-state index in [9.17, 15) is 4.79 Å². The normalized spacial score (nSPS) is 17.6. The number of amides is 1. The van der Waals surface area contributed by atoms with Gasteiger partial charge in [-0.25, -0.2) is 4.98 Å². The fraction of sp³-hybridized carbons (Fsp3) is 0.529. The first-order chi connectivity index (χ1) is 11.2. The molecule has 1 saturated heterocycles. The molecule has 1 amide bonds. The van der Waals surface area contributed by atoms with Crippen molar-refractivity contribution in [3.8, 4) is 0 Å². The van der Waals surface area contributed by atoms with Crippen LogP contribution in [-0.4, -0.2) is 33.5 Å². The fourth-order valence-corrected chi connectivity index (χ4v) is 3.90. The van der Waals surface area contributed by atoms with Crippen molar-refractivity contribution < 1.29 is 9.53 Å². The summed E-state index contributed by atoms with van der Waals surface area (Å²) in [6.45, 7) is 4.19. The minimum absolute atomic E-state index is 0.0871. The topological polar surface area (TPSA) is 47.4 Å². The van der Waals surface area contributed by atoms with Gasteiger partial charge in [0.2, 0.25) is 0 Å². The molecule has 6 heteroatoms. The number of hydrogen-bond donors (Lipinski definition) is 0. The van der Waals surface area contributed by atoms with E-state index in [0.29, 0.717) is 6.54 Å². The van der Waals surface area contributed by atoms with Gasteiger partial charge in [-0.1, -0.05) is 6.92 Å². The van der Waals surface area contributed by atoms with E-state index in [1.807, 2.05) is 34.8 Å². The fourth-order valence-electron chi connectivity index (χ4n) is 2.84. The molecule has 0 saturated carbocycles. The summed E-state index contributed by atoms with van der Waals surface area (Å²) < 4.78 is 7.67. The van der Waals surface area contributed by atoms with Gasteiger partial charge in [0.05, 0.1) is 17.5 Å². The third kappa shape index (κ3) is 3.64. The number of aromatic nitrogens is 2. The van der Waals surface area contributed by atoms with Crippen LogP contribution < -0.4 is 0 Å². The molecule has 23 heavy (non-hydrogen) atoms. The zero-order valence-electron chi connectivity index (χ0n) is 13.7. The SMILES string of the molecule is CCCN(Cc1nccn1C)C(=O)c1ccc([C@H]2CCCO2)s1. The Morgan fingerprint density at radius 1 is 1.52 bits per heavy atom. The first kappa shape index (κ1) is 16.2. The smallest absolute Gasteiger partial charge is 0.264 e. The third-order valence-electron chi connectivity index (χ3n) is 4.12. The summed E-state index contributed by atoms with van der Waals surface area (Å²) in [6, 6.07) is 3.98. The first-order valence-electron chi connectivity index (χ1n) is 8.16. The van der Waals surface area contributed by atoms with Gasteiger partial charge in [-0.3, -0.25) is 4.79 Å². The number of thiophene rings is 1.